The SMILES string of the molecule is Cc1ccc(C(C)N(CC(=O)O)C2CCCC2)s1. The van der Waals surface area contributed by atoms with E-state index in [2.05, 4.69) is 30.9 Å². The summed E-state index contributed by atoms with van der Waals surface area (Å²) in [5.41, 5.74) is 0. The molecule has 1 aliphatic carbocycles. The number of nitrogens with zero attached hydrogens (tertiary/aromatic N) is 1. The fraction of sp³-hybridized carbons (Fsp3) is 0.643. The Kier molecular flexibility index (Phi) is 4.40. The van der Waals surface area contributed by atoms with Gasteiger partial charge in [-0.25, -0.2) is 0 Å². The number of aryl methyl sites for hydroxylation is 1. The molecule has 1 aromatic heterocycles. The average Bonchev–Trinajstić information content (AvgIpc) is 2.95. The predicted molar refractivity (Wildman–Crippen MR) is 74.1 cm³/mol. The highest BCUT2D eigenvalue weighted by molar-refractivity contribution is 7.12. The third-order valence-corrected chi connectivity index (χ3v) is 4.95. The Labute approximate surface area is 112 Å². The Hall–Kier alpha value is -0.870. The van der Waals surface area contributed by atoms with Crippen molar-refractivity contribution in [3.63, 3.8) is 0 Å². The molecule has 1 unspecified atom stereocenters. The van der Waals surface area contributed by atoms with Gasteiger partial charge in [-0.15, -0.1) is 11.3 Å². The van der Waals surface area contributed by atoms with Gasteiger partial charge < -0.3 is 5.11 Å². The van der Waals surface area contributed by atoms with Crippen molar-refractivity contribution >= 4 is 17.3 Å². The first-order valence-corrected chi connectivity index (χ1v) is 7.43. The van der Waals surface area contributed by atoms with Gasteiger partial charge in [-0.1, -0.05) is 12.8 Å². The fourth-order valence-electron chi connectivity index (χ4n) is 2.82. The van der Waals surface area contributed by atoms with Gasteiger partial charge in [-0.2, -0.15) is 0 Å². The summed E-state index contributed by atoms with van der Waals surface area (Å²) in [6, 6.07) is 4.90. The summed E-state index contributed by atoms with van der Waals surface area (Å²) in [6.45, 7) is 4.38. The molecule has 1 atom stereocenters. The lowest BCUT2D eigenvalue weighted by atomic mass is 10.1. The van der Waals surface area contributed by atoms with Crippen LogP contribution in [0.1, 0.15) is 48.4 Å². The van der Waals surface area contributed by atoms with E-state index in [9.17, 15) is 4.79 Å². The minimum atomic E-state index is -0.720. The molecule has 1 N–H and O–H groups in total. The zero-order valence-corrected chi connectivity index (χ0v) is 11.9. The molecule has 0 amide bonds. The Morgan fingerprint density at radius 2 is 2.17 bits per heavy atom. The number of carboxylic acids is 1. The van der Waals surface area contributed by atoms with Crippen LogP contribution in [0.5, 0.6) is 0 Å². The van der Waals surface area contributed by atoms with Crippen LogP contribution < -0.4 is 0 Å². The second-order valence-corrected chi connectivity index (χ2v) is 6.45. The number of aliphatic carboxylic acids is 1. The zero-order chi connectivity index (χ0) is 13.1. The molecule has 1 saturated carbocycles. The topological polar surface area (TPSA) is 40.5 Å². The van der Waals surface area contributed by atoms with E-state index in [0.717, 1.165) is 12.8 Å². The quantitative estimate of drug-likeness (QED) is 0.888. The van der Waals surface area contributed by atoms with Gasteiger partial charge in [0.25, 0.3) is 0 Å². The molecule has 0 saturated heterocycles. The van der Waals surface area contributed by atoms with Crippen LogP contribution in [-0.2, 0) is 4.79 Å². The lowest BCUT2D eigenvalue weighted by Gasteiger charge is -2.32. The van der Waals surface area contributed by atoms with Gasteiger partial charge in [0.15, 0.2) is 0 Å². The standard InChI is InChI=1S/C14H21NO2S/c1-10-7-8-13(18-10)11(2)15(9-14(16)17)12-5-3-4-6-12/h7-8,11-12H,3-6,9H2,1-2H3,(H,16,17). The minimum Gasteiger partial charge on any atom is -0.480 e. The summed E-state index contributed by atoms with van der Waals surface area (Å²) in [7, 11) is 0. The maximum Gasteiger partial charge on any atom is 0.317 e. The molecule has 0 spiro atoms. The number of hydrogen-bond donors (Lipinski definition) is 1. The van der Waals surface area contributed by atoms with E-state index < -0.39 is 5.97 Å². The van der Waals surface area contributed by atoms with Gasteiger partial charge in [0.2, 0.25) is 0 Å². The van der Waals surface area contributed by atoms with E-state index >= 15 is 0 Å². The molecule has 0 bridgehead atoms. The number of rotatable bonds is 5. The normalized spacial score (nSPS) is 18.4. The molecule has 1 heterocycles. The third kappa shape index (κ3) is 3.12. The van der Waals surface area contributed by atoms with Crippen LogP contribution >= 0.6 is 11.3 Å². The van der Waals surface area contributed by atoms with E-state index in [1.807, 2.05) is 0 Å². The molecule has 0 aliphatic heterocycles. The van der Waals surface area contributed by atoms with Crippen LogP contribution in [0.2, 0.25) is 0 Å². The largest absolute Gasteiger partial charge is 0.480 e. The van der Waals surface area contributed by atoms with Gasteiger partial charge in [-0.05, 0) is 38.8 Å². The lowest BCUT2D eigenvalue weighted by Crippen LogP contribution is -2.39. The summed E-state index contributed by atoms with van der Waals surface area (Å²) >= 11 is 1.78. The first-order valence-electron chi connectivity index (χ1n) is 6.62. The molecule has 1 aliphatic rings. The molecule has 1 fully saturated rings. The highest BCUT2D eigenvalue weighted by Gasteiger charge is 2.29. The number of carboxylic acid groups (broad SMARTS) is 1. The van der Waals surface area contributed by atoms with Crippen LogP contribution in [0.15, 0.2) is 12.1 Å². The number of thiophene rings is 1. The second-order valence-electron chi connectivity index (χ2n) is 5.13. The third-order valence-electron chi connectivity index (χ3n) is 3.78. The Balaban J connectivity index is 2.14. The Bertz CT molecular complexity index is 410. The summed E-state index contributed by atoms with van der Waals surface area (Å²) in [5, 5.41) is 9.11. The van der Waals surface area contributed by atoms with Crippen molar-refractivity contribution in [3.05, 3.63) is 21.9 Å². The van der Waals surface area contributed by atoms with E-state index in [1.165, 1.54) is 22.6 Å². The van der Waals surface area contributed by atoms with E-state index in [0.29, 0.717) is 6.04 Å². The van der Waals surface area contributed by atoms with Crippen molar-refractivity contribution in [2.75, 3.05) is 6.54 Å². The molecule has 0 aromatic carbocycles. The van der Waals surface area contributed by atoms with Crippen LogP contribution in [0, 0.1) is 6.92 Å². The molecule has 3 nitrogen and oxygen atoms in total. The summed E-state index contributed by atoms with van der Waals surface area (Å²) in [4.78, 5) is 15.8. The van der Waals surface area contributed by atoms with Crippen LogP contribution in [0.4, 0.5) is 0 Å². The van der Waals surface area contributed by atoms with Crippen LogP contribution in [-0.4, -0.2) is 28.6 Å². The van der Waals surface area contributed by atoms with Gasteiger partial charge in [0.1, 0.15) is 0 Å². The molecule has 100 valence electrons. The van der Waals surface area contributed by atoms with Crippen molar-refractivity contribution in [2.24, 2.45) is 0 Å². The second kappa shape index (κ2) is 5.85. The highest BCUT2D eigenvalue weighted by Crippen LogP contribution is 2.33. The van der Waals surface area contributed by atoms with Crippen molar-refractivity contribution in [2.45, 2.75) is 51.6 Å². The zero-order valence-electron chi connectivity index (χ0n) is 11.1. The number of hydrogen-bond acceptors (Lipinski definition) is 3. The summed E-state index contributed by atoms with van der Waals surface area (Å²) in [5.74, 6) is -0.720. The van der Waals surface area contributed by atoms with Crippen LogP contribution in [0.25, 0.3) is 0 Å². The summed E-state index contributed by atoms with van der Waals surface area (Å²) in [6.07, 6.45) is 4.75. The van der Waals surface area contributed by atoms with Crippen molar-refractivity contribution in [3.8, 4) is 0 Å². The fourth-order valence-corrected chi connectivity index (χ4v) is 3.77. The minimum absolute atomic E-state index is 0.156. The maximum atomic E-state index is 11.1. The molecule has 18 heavy (non-hydrogen) atoms. The van der Waals surface area contributed by atoms with Crippen molar-refractivity contribution in [1.82, 2.24) is 4.90 Å². The van der Waals surface area contributed by atoms with Crippen molar-refractivity contribution < 1.29 is 9.90 Å². The van der Waals surface area contributed by atoms with Crippen molar-refractivity contribution in [1.29, 1.82) is 0 Å². The van der Waals surface area contributed by atoms with Crippen LogP contribution in [0.3, 0.4) is 0 Å². The molecule has 1 aromatic rings. The molecule has 0 radical (unpaired) electrons. The monoisotopic (exact) mass is 267 g/mol. The molecular formula is C14H21NO2S. The number of carbonyl (C=O) groups is 1. The molecule has 4 heteroatoms. The van der Waals surface area contributed by atoms with Gasteiger partial charge >= 0.3 is 5.97 Å². The highest BCUT2D eigenvalue weighted by atomic mass is 32.1. The predicted octanol–water partition coefficient (Wildman–Crippen LogP) is 3.45. The first-order chi connectivity index (χ1) is 8.58. The van der Waals surface area contributed by atoms with Gasteiger partial charge in [0.05, 0.1) is 6.54 Å². The summed E-state index contributed by atoms with van der Waals surface area (Å²) < 4.78 is 0. The molecular weight excluding hydrogens is 246 g/mol. The average molecular weight is 267 g/mol. The Morgan fingerprint density at radius 3 is 2.67 bits per heavy atom. The van der Waals surface area contributed by atoms with E-state index in [4.69, 9.17) is 5.11 Å². The molecule has 2 rings (SSSR count). The first kappa shape index (κ1) is 13.6. The van der Waals surface area contributed by atoms with E-state index in [1.54, 1.807) is 11.3 Å². The maximum absolute atomic E-state index is 11.1. The smallest absolute Gasteiger partial charge is 0.317 e. The lowest BCUT2D eigenvalue weighted by molar-refractivity contribution is -0.139. The van der Waals surface area contributed by atoms with E-state index in [-0.39, 0.29) is 12.6 Å². The van der Waals surface area contributed by atoms with Gasteiger partial charge in [-0.3, -0.25) is 9.69 Å². The Morgan fingerprint density at radius 1 is 1.50 bits per heavy atom. The van der Waals surface area contributed by atoms with Gasteiger partial charge in [0, 0.05) is 21.8 Å².